The molecule has 1 saturated carbocycles. The van der Waals surface area contributed by atoms with Gasteiger partial charge in [-0.15, -0.1) is 0 Å². The molecule has 2 aromatic carbocycles. The second kappa shape index (κ2) is 8.94. The monoisotopic (exact) mass is 367 g/mol. The minimum atomic E-state index is -0.668. The van der Waals surface area contributed by atoms with Crippen LogP contribution in [0.5, 0.6) is 5.75 Å². The number of carboxylic acids is 1. The van der Waals surface area contributed by atoms with Gasteiger partial charge in [0.15, 0.2) is 0 Å². The molecule has 2 aromatic rings. The van der Waals surface area contributed by atoms with E-state index >= 15 is 0 Å². The summed E-state index contributed by atoms with van der Waals surface area (Å²) in [6.07, 6.45) is 4.52. The van der Waals surface area contributed by atoms with Gasteiger partial charge in [-0.1, -0.05) is 30.3 Å². The fraction of sp³-hybridized carbons (Fsp3) is 0.435. The van der Waals surface area contributed by atoms with Crippen LogP contribution in [0.4, 0.5) is 5.69 Å². The van der Waals surface area contributed by atoms with Gasteiger partial charge in [0.05, 0.1) is 12.3 Å². The van der Waals surface area contributed by atoms with Crippen LogP contribution >= 0.6 is 0 Å². The van der Waals surface area contributed by atoms with Gasteiger partial charge in [-0.3, -0.25) is 4.79 Å². The molecule has 0 aromatic heterocycles. The summed E-state index contributed by atoms with van der Waals surface area (Å²) in [5.41, 5.74) is 4.69. The van der Waals surface area contributed by atoms with Crippen molar-refractivity contribution < 1.29 is 14.6 Å². The van der Waals surface area contributed by atoms with Crippen LogP contribution in [-0.4, -0.2) is 24.7 Å². The Morgan fingerprint density at radius 3 is 2.33 bits per heavy atom. The lowest BCUT2D eigenvalue weighted by Gasteiger charge is -2.28. The number of hydrogen-bond acceptors (Lipinski definition) is 3. The SMILES string of the molecule is CCOc1cc(-c2ccc(C3CCC(CC(=O)O)CC3)cc2)ccc1NC. The molecule has 0 unspecified atom stereocenters. The largest absolute Gasteiger partial charge is 0.492 e. The fourth-order valence-corrected chi connectivity index (χ4v) is 4.08. The van der Waals surface area contributed by atoms with Crippen molar-refractivity contribution in [3.63, 3.8) is 0 Å². The van der Waals surface area contributed by atoms with E-state index in [1.54, 1.807) is 0 Å². The maximum Gasteiger partial charge on any atom is 0.303 e. The topological polar surface area (TPSA) is 58.6 Å². The molecular weight excluding hydrogens is 338 g/mol. The number of anilines is 1. The first-order valence-corrected chi connectivity index (χ1v) is 9.87. The highest BCUT2D eigenvalue weighted by Gasteiger charge is 2.23. The Hall–Kier alpha value is -2.49. The van der Waals surface area contributed by atoms with Crippen molar-refractivity contribution in [2.24, 2.45) is 5.92 Å². The zero-order valence-electron chi connectivity index (χ0n) is 16.2. The molecule has 27 heavy (non-hydrogen) atoms. The zero-order chi connectivity index (χ0) is 19.2. The number of benzene rings is 2. The average molecular weight is 367 g/mol. The molecule has 2 N–H and O–H groups in total. The molecule has 4 nitrogen and oxygen atoms in total. The average Bonchev–Trinajstić information content (AvgIpc) is 2.68. The van der Waals surface area contributed by atoms with Crippen molar-refractivity contribution in [1.82, 2.24) is 0 Å². The molecule has 3 rings (SSSR count). The Kier molecular flexibility index (Phi) is 6.38. The molecule has 0 aliphatic heterocycles. The number of hydrogen-bond donors (Lipinski definition) is 2. The first-order valence-electron chi connectivity index (χ1n) is 9.87. The van der Waals surface area contributed by atoms with Gasteiger partial charge in [-0.05, 0) is 73.3 Å². The quantitative estimate of drug-likeness (QED) is 0.674. The van der Waals surface area contributed by atoms with Crippen LogP contribution < -0.4 is 10.1 Å². The molecule has 0 heterocycles. The van der Waals surface area contributed by atoms with Gasteiger partial charge in [0.25, 0.3) is 0 Å². The van der Waals surface area contributed by atoms with Crippen molar-refractivity contribution in [1.29, 1.82) is 0 Å². The lowest BCUT2D eigenvalue weighted by atomic mass is 9.77. The Morgan fingerprint density at radius 2 is 1.74 bits per heavy atom. The van der Waals surface area contributed by atoms with E-state index in [-0.39, 0.29) is 0 Å². The van der Waals surface area contributed by atoms with Gasteiger partial charge < -0.3 is 15.2 Å². The van der Waals surface area contributed by atoms with Crippen LogP contribution in [0.25, 0.3) is 11.1 Å². The molecular formula is C23H29NO3. The molecule has 0 radical (unpaired) electrons. The van der Waals surface area contributed by atoms with Gasteiger partial charge in [-0.2, -0.15) is 0 Å². The molecule has 4 heteroatoms. The van der Waals surface area contributed by atoms with Crippen molar-refractivity contribution >= 4 is 11.7 Å². The van der Waals surface area contributed by atoms with Crippen LogP contribution in [0.1, 0.15) is 50.5 Å². The number of aliphatic carboxylic acids is 1. The van der Waals surface area contributed by atoms with Crippen LogP contribution in [0, 0.1) is 5.92 Å². The van der Waals surface area contributed by atoms with E-state index in [0.29, 0.717) is 24.9 Å². The van der Waals surface area contributed by atoms with Gasteiger partial charge in [0, 0.05) is 13.5 Å². The van der Waals surface area contributed by atoms with E-state index in [0.717, 1.165) is 42.7 Å². The molecule has 144 valence electrons. The van der Waals surface area contributed by atoms with Gasteiger partial charge in [0.1, 0.15) is 5.75 Å². The second-order valence-corrected chi connectivity index (χ2v) is 7.33. The van der Waals surface area contributed by atoms with Gasteiger partial charge in [0.2, 0.25) is 0 Å². The predicted octanol–water partition coefficient (Wildman–Crippen LogP) is 5.54. The Labute approximate surface area is 161 Å². The Morgan fingerprint density at radius 1 is 1.07 bits per heavy atom. The first-order chi connectivity index (χ1) is 13.1. The summed E-state index contributed by atoms with van der Waals surface area (Å²) in [5.74, 6) is 1.10. The molecule has 0 spiro atoms. The van der Waals surface area contributed by atoms with Crippen molar-refractivity contribution in [3.8, 4) is 16.9 Å². The van der Waals surface area contributed by atoms with E-state index in [2.05, 4.69) is 47.8 Å². The van der Waals surface area contributed by atoms with E-state index in [9.17, 15) is 4.79 Å². The number of nitrogens with one attached hydrogen (secondary N) is 1. The maximum absolute atomic E-state index is 10.9. The maximum atomic E-state index is 10.9. The molecule has 0 bridgehead atoms. The van der Waals surface area contributed by atoms with Gasteiger partial charge >= 0.3 is 5.97 Å². The van der Waals surface area contributed by atoms with E-state index in [1.807, 2.05) is 14.0 Å². The van der Waals surface area contributed by atoms with Crippen LogP contribution in [0.3, 0.4) is 0 Å². The van der Waals surface area contributed by atoms with E-state index < -0.39 is 5.97 Å². The van der Waals surface area contributed by atoms with Crippen molar-refractivity contribution in [3.05, 3.63) is 48.0 Å². The molecule has 1 fully saturated rings. The third kappa shape index (κ3) is 4.82. The highest BCUT2D eigenvalue weighted by atomic mass is 16.5. The minimum Gasteiger partial charge on any atom is -0.492 e. The second-order valence-electron chi connectivity index (χ2n) is 7.33. The number of carbonyl (C=O) groups is 1. The summed E-state index contributed by atoms with van der Waals surface area (Å²) in [7, 11) is 1.90. The smallest absolute Gasteiger partial charge is 0.303 e. The molecule has 1 aliphatic carbocycles. The number of ether oxygens (including phenoxy) is 1. The van der Waals surface area contributed by atoms with Gasteiger partial charge in [-0.25, -0.2) is 0 Å². The summed E-state index contributed by atoms with van der Waals surface area (Å²) in [6.45, 7) is 2.63. The highest BCUT2D eigenvalue weighted by molar-refractivity contribution is 5.71. The first kappa shape index (κ1) is 19.3. The van der Waals surface area contributed by atoms with E-state index in [4.69, 9.17) is 9.84 Å². The minimum absolute atomic E-state index is 0.316. The summed E-state index contributed by atoms with van der Waals surface area (Å²) in [4.78, 5) is 10.9. The van der Waals surface area contributed by atoms with Crippen LogP contribution in [0.15, 0.2) is 42.5 Å². The lowest BCUT2D eigenvalue weighted by Crippen LogP contribution is -2.16. The summed E-state index contributed by atoms with van der Waals surface area (Å²) < 4.78 is 5.74. The van der Waals surface area contributed by atoms with Crippen molar-refractivity contribution in [2.75, 3.05) is 19.0 Å². The molecule has 0 atom stereocenters. The normalized spacial score (nSPS) is 19.5. The fourth-order valence-electron chi connectivity index (χ4n) is 4.08. The molecule has 0 amide bonds. The lowest BCUT2D eigenvalue weighted by molar-refractivity contribution is -0.138. The summed E-state index contributed by atoms with van der Waals surface area (Å²) in [6, 6.07) is 15.1. The highest BCUT2D eigenvalue weighted by Crippen LogP contribution is 2.38. The zero-order valence-corrected chi connectivity index (χ0v) is 16.2. The summed E-state index contributed by atoms with van der Waals surface area (Å²) >= 11 is 0. The standard InChI is InChI=1S/C23H29NO3/c1-3-27-22-15-20(12-13-21(22)24-2)19-10-8-18(9-11-19)17-6-4-16(5-7-17)14-23(25)26/h8-13,15-17,24H,3-7,14H2,1-2H3,(H,25,26). The molecule has 0 saturated heterocycles. The third-order valence-corrected chi connectivity index (χ3v) is 5.58. The Balaban J connectivity index is 1.69. The van der Waals surface area contributed by atoms with E-state index in [1.165, 1.54) is 11.1 Å². The number of rotatable bonds is 7. The van der Waals surface area contributed by atoms with Crippen LogP contribution in [0.2, 0.25) is 0 Å². The number of carboxylic acid groups (broad SMARTS) is 1. The Bertz CT molecular complexity index is 762. The summed E-state index contributed by atoms with van der Waals surface area (Å²) in [5, 5.41) is 12.1. The van der Waals surface area contributed by atoms with Crippen LogP contribution in [-0.2, 0) is 4.79 Å². The van der Waals surface area contributed by atoms with Crippen molar-refractivity contribution in [2.45, 2.75) is 44.9 Å². The molecule has 1 aliphatic rings. The predicted molar refractivity (Wildman–Crippen MR) is 110 cm³/mol. The third-order valence-electron chi connectivity index (χ3n) is 5.58.